The number of allylic oxidation sites excluding steroid dienone is 1. The minimum absolute atomic E-state index is 0.0300. The Morgan fingerprint density at radius 3 is 2.41 bits per heavy atom. The van der Waals surface area contributed by atoms with Gasteiger partial charge in [0.25, 0.3) is 0 Å². The van der Waals surface area contributed by atoms with Gasteiger partial charge in [-0.3, -0.25) is 0 Å². The summed E-state index contributed by atoms with van der Waals surface area (Å²) in [5.74, 6) is 0.762. The lowest BCUT2D eigenvalue weighted by molar-refractivity contribution is 0.170. The maximum atomic E-state index is 13.0. The number of sulfone groups is 1. The van der Waals surface area contributed by atoms with Gasteiger partial charge < -0.3 is 19.5 Å². The molecule has 2 aliphatic heterocycles. The van der Waals surface area contributed by atoms with E-state index in [4.69, 9.17) is 9.39 Å². The molecule has 2 atom stereocenters. The highest BCUT2D eigenvalue weighted by atomic mass is 32.2. The summed E-state index contributed by atoms with van der Waals surface area (Å²) in [5.41, 5.74) is 4.10. The van der Waals surface area contributed by atoms with Gasteiger partial charge in [0, 0.05) is 11.9 Å². The van der Waals surface area contributed by atoms with Crippen LogP contribution >= 0.6 is 0 Å². The highest BCUT2D eigenvalue weighted by molar-refractivity contribution is 7.92. The van der Waals surface area contributed by atoms with Crippen molar-refractivity contribution in [3.8, 4) is 11.5 Å². The lowest BCUT2D eigenvalue weighted by Gasteiger charge is -2.32. The molecule has 2 heterocycles. The van der Waals surface area contributed by atoms with Crippen LogP contribution in [0.3, 0.4) is 0 Å². The Morgan fingerprint density at radius 2 is 1.68 bits per heavy atom. The molecule has 2 N–H and O–H groups in total. The molecule has 0 aromatic heterocycles. The Balaban J connectivity index is 1.44. The Hall–Kier alpha value is -3.33. The lowest BCUT2D eigenvalue weighted by Crippen LogP contribution is -2.42. The summed E-state index contributed by atoms with van der Waals surface area (Å²) in [7, 11) is -4.60. The van der Waals surface area contributed by atoms with Crippen molar-refractivity contribution in [1.29, 1.82) is 0 Å². The fourth-order valence-corrected chi connectivity index (χ4v) is 7.23. The zero-order valence-electron chi connectivity index (χ0n) is 20.4. The van der Waals surface area contributed by atoms with E-state index in [1.807, 2.05) is 78.9 Å². The molecular formula is C29H29BO6S. The van der Waals surface area contributed by atoms with Gasteiger partial charge in [-0.15, -0.1) is 0 Å². The fraction of sp³-hybridized carbons (Fsp3) is 0.241. The first-order chi connectivity index (χ1) is 17.9. The number of hydrogen-bond donors (Lipinski definition) is 2. The van der Waals surface area contributed by atoms with Gasteiger partial charge in [-0.25, -0.2) is 8.42 Å². The molecule has 0 spiro atoms. The van der Waals surface area contributed by atoms with E-state index in [0.29, 0.717) is 29.7 Å². The molecule has 0 aliphatic carbocycles. The van der Waals surface area contributed by atoms with Crippen LogP contribution in [0, 0.1) is 0 Å². The average Bonchev–Trinajstić information content (AvgIpc) is 3.16. The van der Waals surface area contributed by atoms with E-state index < -0.39 is 28.3 Å². The van der Waals surface area contributed by atoms with Gasteiger partial charge in [-0.05, 0) is 59.4 Å². The van der Waals surface area contributed by atoms with Gasteiger partial charge in [-0.2, -0.15) is 0 Å². The van der Waals surface area contributed by atoms with E-state index in [2.05, 4.69) is 0 Å². The van der Waals surface area contributed by atoms with E-state index in [-0.39, 0.29) is 24.4 Å². The summed E-state index contributed by atoms with van der Waals surface area (Å²) in [4.78, 5) is 0. The molecule has 0 amide bonds. The number of rotatable bonds is 8. The molecule has 5 rings (SSSR count). The SMILES string of the molecule is O=S1(=O)CC(COc2ccccc2)=C2[C@@H](CC/C(=C/c3ccccc3O)c3ccccc3)OB(O)C[C@@H]21. The van der Waals surface area contributed by atoms with Gasteiger partial charge in [-0.1, -0.05) is 66.7 Å². The third-order valence-corrected chi connectivity index (χ3v) is 8.96. The van der Waals surface area contributed by atoms with Crippen LogP contribution in [0.15, 0.2) is 96.1 Å². The van der Waals surface area contributed by atoms with Crippen LogP contribution in [0.2, 0.25) is 6.32 Å². The summed E-state index contributed by atoms with van der Waals surface area (Å²) < 4.78 is 37.9. The first-order valence-electron chi connectivity index (χ1n) is 12.4. The molecule has 37 heavy (non-hydrogen) atoms. The maximum absolute atomic E-state index is 13.0. The van der Waals surface area contributed by atoms with Crippen LogP contribution in [-0.2, 0) is 14.5 Å². The summed E-state index contributed by atoms with van der Waals surface area (Å²) >= 11 is 0. The molecule has 1 saturated heterocycles. The molecule has 6 nitrogen and oxygen atoms in total. The van der Waals surface area contributed by atoms with Crippen molar-refractivity contribution in [3.63, 3.8) is 0 Å². The van der Waals surface area contributed by atoms with Crippen molar-refractivity contribution >= 4 is 28.6 Å². The van der Waals surface area contributed by atoms with Crippen LogP contribution in [0.4, 0.5) is 0 Å². The predicted octanol–water partition coefficient (Wildman–Crippen LogP) is 4.76. The largest absolute Gasteiger partial charge is 0.507 e. The van der Waals surface area contributed by atoms with Crippen LogP contribution in [0.1, 0.15) is 24.0 Å². The second-order valence-electron chi connectivity index (χ2n) is 9.40. The van der Waals surface area contributed by atoms with Crippen molar-refractivity contribution in [2.24, 2.45) is 0 Å². The second kappa shape index (κ2) is 11.0. The first-order valence-corrected chi connectivity index (χ1v) is 14.1. The van der Waals surface area contributed by atoms with E-state index in [1.54, 1.807) is 12.1 Å². The molecule has 1 fully saturated rings. The van der Waals surface area contributed by atoms with E-state index in [1.165, 1.54) is 0 Å². The van der Waals surface area contributed by atoms with Crippen molar-refractivity contribution < 1.29 is 27.9 Å². The standard InChI is InChI=1S/C29H29BO6S/c31-26-14-8-7-11-23(26)17-22(21-9-3-1-4-10-21)15-16-27-29-24(19-35-25-12-5-2-6-13-25)20-37(33,34)28(29)18-30(32)36-27/h1-14,17,27-28,31-32H,15-16,18-20H2/b22-17-/t27-,28+/m1/s1. The van der Waals surface area contributed by atoms with Crippen LogP contribution < -0.4 is 4.74 Å². The topological polar surface area (TPSA) is 93.1 Å². The number of para-hydroxylation sites is 2. The molecular weight excluding hydrogens is 487 g/mol. The number of aromatic hydroxyl groups is 1. The zero-order valence-corrected chi connectivity index (χ0v) is 21.2. The molecule has 0 bridgehead atoms. The van der Waals surface area contributed by atoms with Crippen molar-refractivity contribution in [2.75, 3.05) is 12.4 Å². The smallest absolute Gasteiger partial charge is 0.456 e. The summed E-state index contributed by atoms with van der Waals surface area (Å²) in [5, 5.41) is 20.0. The maximum Gasteiger partial charge on any atom is 0.456 e. The summed E-state index contributed by atoms with van der Waals surface area (Å²) in [6.07, 6.45) is 2.44. The van der Waals surface area contributed by atoms with Gasteiger partial charge in [0.1, 0.15) is 18.1 Å². The van der Waals surface area contributed by atoms with E-state index >= 15 is 0 Å². The van der Waals surface area contributed by atoms with Gasteiger partial charge >= 0.3 is 7.12 Å². The zero-order chi connectivity index (χ0) is 25.8. The number of phenolic OH excluding ortho intramolecular Hbond substituents is 1. The number of fused-ring (bicyclic) bond motifs is 1. The van der Waals surface area contributed by atoms with E-state index in [0.717, 1.165) is 16.7 Å². The Labute approximate surface area is 218 Å². The molecule has 0 unspecified atom stereocenters. The molecule has 2 aliphatic rings. The average molecular weight is 516 g/mol. The molecule has 190 valence electrons. The Kier molecular flexibility index (Phi) is 7.51. The third kappa shape index (κ3) is 5.82. The van der Waals surface area contributed by atoms with Crippen molar-refractivity contribution in [1.82, 2.24) is 0 Å². The fourth-order valence-electron chi connectivity index (χ4n) is 5.13. The second-order valence-corrected chi connectivity index (χ2v) is 11.6. The normalized spacial score (nSPS) is 21.1. The molecule has 8 heteroatoms. The number of benzene rings is 3. The minimum atomic E-state index is -3.45. The number of hydrogen-bond acceptors (Lipinski definition) is 6. The van der Waals surface area contributed by atoms with Crippen LogP contribution in [0.25, 0.3) is 11.6 Å². The van der Waals surface area contributed by atoms with Crippen molar-refractivity contribution in [3.05, 3.63) is 107 Å². The predicted molar refractivity (Wildman–Crippen MR) is 146 cm³/mol. The first kappa shape index (κ1) is 25.3. The number of phenols is 1. The van der Waals surface area contributed by atoms with Gasteiger partial charge in [0.15, 0.2) is 9.84 Å². The summed E-state index contributed by atoms with van der Waals surface area (Å²) in [6.45, 7) is 0.157. The lowest BCUT2D eigenvalue weighted by atomic mass is 9.74. The summed E-state index contributed by atoms with van der Waals surface area (Å²) in [6, 6.07) is 26.3. The third-order valence-electron chi connectivity index (χ3n) is 6.89. The molecule has 3 aromatic carbocycles. The molecule has 0 radical (unpaired) electrons. The molecule has 0 saturated carbocycles. The number of ether oxygens (including phenoxy) is 1. The van der Waals surface area contributed by atoms with Gasteiger partial charge in [0.2, 0.25) is 0 Å². The Bertz CT molecular complexity index is 1400. The van der Waals surface area contributed by atoms with E-state index in [9.17, 15) is 18.5 Å². The monoisotopic (exact) mass is 516 g/mol. The Morgan fingerprint density at radius 1 is 1.00 bits per heavy atom. The quantitative estimate of drug-likeness (QED) is 0.255. The minimum Gasteiger partial charge on any atom is -0.507 e. The molecule has 3 aromatic rings. The van der Waals surface area contributed by atoms with Crippen molar-refractivity contribution in [2.45, 2.75) is 30.5 Å². The highest BCUT2D eigenvalue weighted by Crippen LogP contribution is 2.40. The van der Waals surface area contributed by atoms with Gasteiger partial charge in [0.05, 0.1) is 17.1 Å². The van der Waals surface area contributed by atoms with Crippen LogP contribution in [0.5, 0.6) is 11.5 Å². The van der Waals surface area contributed by atoms with Crippen LogP contribution in [-0.4, -0.2) is 49.4 Å². The highest BCUT2D eigenvalue weighted by Gasteiger charge is 2.48.